The summed E-state index contributed by atoms with van der Waals surface area (Å²) in [6.07, 6.45) is 0. The minimum Gasteiger partial charge on any atom is -0.397 e. The zero-order valence-electron chi connectivity index (χ0n) is 8.65. The second-order valence-corrected chi connectivity index (χ2v) is 3.19. The lowest BCUT2D eigenvalue weighted by atomic mass is 10.2. The Morgan fingerprint density at radius 1 is 1.07 bits per heavy atom. The van der Waals surface area contributed by atoms with E-state index in [0.717, 1.165) is 4.90 Å². The van der Waals surface area contributed by atoms with Crippen molar-refractivity contribution in [2.75, 3.05) is 16.4 Å². The highest BCUT2D eigenvalue weighted by Crippen LogP contribution is 2.23. The number of rotatable bonds is 1. The van der Waals surface area contributed by atoms with Crippen molar-refractivity contribution in [2.45, 2.75) is 13.8 Å². The molecule has 0 atom stereocenters. The topological polar surface area (TPSA) is 89.4 Å². The Bertz CT molecular complexity index is 401. The lowest BCUT2D eigenvalue weighted by Crippen LogP contribution is -2.33. The molecule has 1 aromatic rings. The van der Waals surface area contributed by atoms with E-state index >= 15 is 0 Å². The molecule has 0 saturated heterocycles. The van der Waals surface area contributed by atoms with Crippen LogP contribution in [0.2, 0.25) is 0 Å². The first-order valence-corrected chi connectivity index (χ1v) is 4.39. The molecule has 5 heteroatoms. The molecule has 4 N–H and O–H groups in total. The molecule has 2 amide bonds. The van der Waals surface area contributed by atoms with Gasteiger partial charge in [0.15, 0.2) is 0 Å². The van der Waals surface area contributed by atoms with Gasteiger partial charge in [0, 0.05) is 13.8 Å². The summed E-state index contributed by atoms with van der Waals surface area (Å²) >= 11 is 0. The molecule has 0 saturated carbocycles. The third-order valence-corrected chi connectivity index (χ3v) is 1.96. The number of benzene rings is 1. The lowest BCUT2D eigenvalue weighted by molar-refractivity contribution is -0.124. The summed E-state index contributed by atoms with van der Waals surface area (Å²) in [4.78, 5) is 23.5. The number of hydrogen-bond donors (Lipinski definition) is 2. The number of nitrogens with two attached hydrogens (primary N) is 2. The zero-order chi connectivity index (χ0) is 11.6. The standard InChI is InChI=1S/C10H13N3O2/c1-6(14)13(7(2)15)8-3-4-9(11)10(12)5-8/h3-5H,11-12H2,1-2H3. The number of anilines is 3. The van der Waals surface area contributed by atoms with Crippen molar-refractivity contribution in [1.82, 2.24) is 0 Å². The zero-order valence-corrected chi connectivity index (χ0v) is 8.65. The second kappa shape index (κ2) is 4.00. The lowest BCUT2D eigenvalue weighted by Gasteiger charge is -2.17. The van der Waals surface area contributed by atoms with Crippen molar-refractivity contribution >= 4 is 28.9 Å². The summed E-state index contributed by atoms with van der Waals surface area (Å²) in [5.74, 6) is -0.710. The van der Waals surface area contributed by atoms with E-state index in [9.17, 15) is 9.59 Å². The van der Waals surface area contributed by atoms with Gasteiger partial charge in [-0.1, -0.05) is 0 Å². The summed E-state index contributed by atoms with van der Waals surface area (Å²) in [7, 11) is 0. The van der Waals surface area contributed by atoms with Gasteiger partial charge in [-0.05, 0) is 18.2 Å². The summed E-state index contributed by atoms with van der Waals surface area (Å²) < 4.78 is 0. The SMILES string of the molecule is CC(=O)N(C(C)=O)c1ccc(N)c(N)c1. The Balaban J connectivity index is 3.18. The molecule has 0 unspecified atom stereocenters. The molecule has 0 heterocycles. The number of amides is 2. The van der Waals surface area contributed by atoms with Gasteiger partial charge >= 0.3 is 0 Å². The molecule has 0 bridgehead atoms. The third kappa shape index (κ3) is 2.25. The van der Waals surface area contributed by atoms with Crippen molar-refractivity contribution < 1.29 is 9.59 Å². The minimum absolute atomic E-state index is 0.347. The van der Waals surface area contributed by atoms with Crippen molar-refractivity contribution in [2.24, 2.45) is 0 Å². The normalized spacial score (nSPS) is 9.73. The van der Waals surface area contributed by atoms with E-state index in [4.69, 9.17) is 11.5 Å². The van der Waals surface area contributed by atoms with Crippen LogP contribution in [0.3, 0.4) is 0 Å². The number of carbonyl (C=O) groups excluding carboxylic acids is 2. The Morgan fingerprint density at radius 2 is 1.60 bits per heavy atom. The van der Waals surface area contributed by atoms with Crippen LogP contribution in [-0.2, 0) is 9.59 Å². The second-order valence-electron chi connectivity index (χ2n) is 3.19. The van der Waals surface area contributed by atoms with Gasteiger partial charge in [-0.15, -0.1) is 0 Å². The smallest absolute Gasteiger partial charge is 0.230 e. The van der Waals surface area contributed by atoms with E-state index in [1.54, 1.807) is 12.1 Å². The number of carbonyl (C=O) groups is 2. The van der Waals surface area contributed by atoms with Gasteiger partial charge in [-0.25, -0.2) is 0 Å². The summed E-state index contributed by atoms with van der Waals surface area (Å²) in [6, 6.07) is 4.64. The minimum atomic E-state index is -0.355. The average Bonchev–Trinajstić information content (AvgIpc) is 2.10. The molecule has 5 nitrogen and oxygen atoms in total. The number of nitrogens with zero attached hydrogens (tertiary/aromatic N) is 1. The van der Waals surface area contributed by atoms with E-state index in [1.165, 1.54) is 19.9 Å². The van der Waals surface area contributed by atoms with Gasteiger partial charge in [0.2, 0.25) is 11.8 Å². The predicted octanol–water partition coefficient (Wildman–Crippen LogP) is 0.750. The molecule has 0 aliphatic carbocycles. The maximum Gasteiger partial charge on any atom is 0.230 e. The fourth-order valence-electron chi connectivity index (χ4n) is 1.29. The molecule has 0 aliphatic rings. The van der Waals surface area contributed by atoms with Crippen molar-refractivity contribution in [3.05, 3.63) is 18.2 Å². The maximum absolute atomic E-state index is 11.2. The van der Waals surface area contributed by atoms with E-state index in [1.807, 2.05) is 0 Å². The fraction of sp³-hybridized carbons (Fsp3) is 0.200. The van der Waals surface area contributed by atoms with Crippen molar-refractivity contribution in [3.8, 4) is 0 Å². The first kappa shape index (κ1) is 11.0. The molecular formula is C10H13N3O2. The molecule has 15 heavy (non-hydrogen) atoms. The molecule has 0 radical (unpaired) electrons. The van der Waals surface area contributed by atoms with Crippen LogP contribution in [0.25, 0.3) is 0 Å². The molecule has 0 fully saturated rings. The molecule has 80 valence electrons. The maximum atomic E-state index is 11.2. The van der Waals surface area contributed by atoms with Crippen LogP contribution < -0.4 is 16.4 Å². The van der Waals surface area contributed by atoms with Crippen LogP contribution in [0.4, 0.5) is 17.1 Å². The van der Waals surface area contributed by atoms with Crippen LogP contribution in [0.1, 0.15) is 13.8 Å². The van der Waals surface area contributed by atoms with Crippen molar-refractivity contribution in [1.29, 1.82) is 0 Å². The first-order valence-electron chi connectivity index (χ1n) is 4.39. The Morgan fingerprint density at radius 3 is 2.00 bits per heavy atom. The van der Waals surface area contributed by atoms with Gasteiger partial charge in [0.25, 0.3) is 0 Å². The third-order valence-electron chi connectivity index (χ3n) is 1.96. The van der Waals surface area contributed by atoms with Crippen molar-refractivity contribution in [3.63, 3.8) is 0 Å². The van der Waals surface area contributed by atoms with Gasteiger partial charge in [0.1, 0.15) is 0 Å². The highest BCUT2D eigenvalue weighted by atomic mass is 16.2. The number of hydrogen-bond acceptors (Lipinski definition) is 4. The van der Waals surface area contributed by atoms with Gasteiger partial charge in [0.05, 0.1) is 17.1 Å². The highest BCUT2D eigenvalue weighted by Gasteiger charge is 2.16. The quantitative estimate of drug-likeness (QED) is 0.665. The van der Waals surface area contributed by atoms with Crippen LogP contribution >= 0.6 is 0 Å². The highest BCUT2D eigenvalue weighted by molar-refractivity contribution is 6.13. The van der Waals surface area contributed by atoms with E-state index in [0.29, 0.717) is 17.1 Å². The van der Waals surface area contributed by atoms with E-state index in [2.05, 4.69) is 0 Å². The average molecular weight is 207 g/mol. The molecule has 1 rings (SSSR count). The van der Waals surface area contributed by atoms with Crippen LogP contribution in [0, 0.1) is 0 Å². The Kier molecular flexibility index (Phi) is 2.94. The van der Waals surface area contributed by atoms with Crippen LogP contribution in [0.5, 0.6) is 0 Å². The Labute approximate surface area is 87.7 Å². The Hall–Kier alpha value is -2.04. The summed E-state index contributed by atoms with van der Waals surface area (Å²) in [5, 5.41) is 0. The summed E-state index contributed by atoms with van der Waals surface area (Å²) in [5.41, 5.74) is 12.3. The number of imide groups is 1. The predicted molar refractivity (Wildman–Crippen MR) is 59.1 cm³/mol. The number of nitrogen functional groups attached to an aromatic ring is 2. The van der Waals surface area contributed by atoms with Gasteiger partial charge in [-0.2, -0.15) is 0 Å². The fourth-order valence-corrected chi connectivity index (χ4v) is 1.29. The van der Waals surface area contributed by atoms with E-state index < -0.39 is 0 Å². The first-order chi connectivity index (χ1) is 6.93. The van der Waals surface area contributed by atoms with Crippen LogP contribution in [0.15, 0.2) is 18.2 Å². The molecular weight excluding hydrogens is 194 g/mol. The van der Waals surface area contributed by atoms with Gasteiger partial charge < -0.3 is 11.5 Å². The van der Waals surface area contributed by atoms with E-state index in [-0.39, 0.29) is 11.8 Å². The molecule has 0 aliphatic heterocycles. The van der Waals surface area contributed by atoms with Gasteiger partial charge in [-0.3, -0.25) is 14.5 Å². The monoisotopic (exact) mass is 207 g/mol. The van der Waals surface area contributed by atoms with Crippen LogP contribution in [-0.4, -0.2) is 11.8 Å². The molecule has 0 aromatic heterocycles. The largest absolute Gasteiger partial charge is 0.397 e. The summed E-state index contributed by atoms with van der Waals surface area (Å²) in [6.45, 7) is 2.63. The molecule has 1 aromatic carbocycles. The molecule has 0 spiro atoms.